The number of fused-ring (bicyclic) bond motifs is 2. The quantitative estimate of drug-likeness (QED) is 0.739. The molecule has 1 aliphatic rings. The molecule has 1 amide bonds. The first-order valence-electron chi connectivity index (χ1n) is 6.94. The first kappa shape index (κ1) is 13.3. The molecule has 2 aromatic carbocycles. The lowest BCUT2D eigenvalue weighted by Crippen LogP contribution is -2.28. The third-order valence-corrected chi connectivity index (χ3v) is 4.91. The van der Waals surface area contributed by atoms with Crippen molar-refractivity contribution >= 4 is 33.0 Å². The van der Waals surface area contributed by atoms with Crippen LogP contribution in [0.15, 0.2) is 41.8 Å². The van der Waals surface area contributed by atoms with Crippen molar-refractivity contribution in [1.29, 1.82) is 0 Å². The van der Waals surface area contributed by atoms with Crippen LogP contribution in [0.5, 0.6) is 5.75 Å². The van der Waals surface area contributed by atoms with E-state index >= 15 is 0 Å². The third-order valence-electron chi connectivity index (χ3n) is 3.96. The van der Waals surface area contributed by atoms with E-state index in [4.69, 9.17) is 0 Å². The molecule has 3 nitrogen and oxygen atoms in total. The Hall–Kier alpha value is -2.40. The van der Waals surface area contributed by atoms with E-state index in [1.165, 1.54) is 29.5 Å². The van der Waals surface area contributed by atoms with Gasteiger partial charge in [-0.15, -0.1) is 11.3 Å². The van der Waals surface area contributed by atoms with Crippen LogP contribution < -0.4 is 4.90 Å². The van der Waals surface area contributed by atoms with Crippen LogP contribution in [-0.2, 0) is 6.42 Å². The largest absolute Gasteiger partial charge is 0.506 e. The van der Waals surface area contributed by atoms with Crippen molar-refractivity contribution in [3.8, 4) is 5.75 Å². The minimum atomic E-state index is -0.287. The number of aromatic hydroxyl groups is 1. The Kier molecular flexibility index (Phi) is 2.90. The van der Waals surface area contributed by atoms with Crippen LogP contribution in [0, 0.1) is 5.82 Å². The van der Waals surface area contributed by atoms with Crippen molar-refractivity contribution in [3.05, 3.63) is 58.7 Å². The van der Waals surface area contributed by atoms with Gasteiger partial charge in [0.1, 0.15) is 11.6 Å². The van der Waals surface area contributed by atoms with Crippen molar-refractivity contribution < 1.29 is 14.3 Å². The summed E-state index contributed by atoms with van der Waals surface area (Å²) in [5.74, 6) is -0.339. The number of hydrogen-bond donors (Lipinski definition) is 1. The van der Waals surface area contributed by atoms with E-state index in [1.807, 2.05) is 11.4 Å². The predicted molar refractivity (Wildman–Crippen MR) is 85.3 cm³/mol. The normalized spacial score (nSPS) is 13.6. The van der Waals surface area contributed by atoms with Gasteiger partial charge in [-0.25, -0.2) is 4.39 Å². The fraction of sp³-hybridized carbons (Fsp3) is 0.118. The summed E-state index contributed by atoms with van der Waals surface area (Å²) in [6, 6.07) is 9.65. The van der Waals surface area contributed by atoms with Gasteiger partial charge in [0.2, 0.25) is 0 Å². The minimum absolute atomic E-state index is 0.120. The van der Waals surface area contributed by atoms with Gasteiger partial charge in [-0.3, -0.25) is 4.79 Å². The first-order chi connectivity index (χ1) is 10.6. The summed E-state index contributed by atoms with van der Waals surface area (Å²) >= 11 is 1.44. The average molecular weight is 313 g/mol. The zero-order valence-electron chi connectivity index (χ0n) is 11.5. The van der Waals surface area contributed by atoms with Gasteiger partial charge in [0.25, 0.3) is 5.91 Å². The third kappa shape index (κ3) is 1.97. The van der Waals surface area contributed by atoms with Crippen LogP contribution in [0.4, 0.5) is 10.1 Å². The number of carbonyl (C=O) groups is 1. The summed E-state index contributed by atoms with van der Waals surface area (Å²) in [6.07, 6.45) is 0.644. The number of carbonyl (C=O) groups excluding carboxylic acids is 1. The van der Waals surface area contributed by atoms with Crippen molar-refractivity contribution in [2.75, 3.05) is 11.4 Å². The number of rotatable bonds is 1. The molecule has 0 radical (unpaired) electrons. The van der Waals surface area contributed by atoms with Crippen molar-refractivity contribution in [1.82, 2.24) is 0 Å². The maximum Gasteiger partial charge on any atom is 0.258 e. The van der Waals surface area contributed by atoms with E-state index in [2.05, 4.69) is 0 Å². The fourth-order valence-corrected chi connectivity index (χ4v) is 3.72. The summed E-state index contributed by atoms with van der Waals surface area (Å²) in [4.78, 5) is 14.4. The summed E-state index contributed by atoms with van der Waals surface area (Å²) in [5.41, 5.74) is 2.03. The van der Waals surface area contributed by atoms with Gasteiger partial charge in [-0.05, 0) is 59.1 Å². The minimum Gasteiger partial charge on any atom is -0.506 e. The number of hydrogen-bond acceptors (Lipinski definition) is 3. The molecule has 0 unspecified atom stereocenters. The van der Waals surface area contributed by atoms with E-state index in [0.717, 1.165) is 21.3 Å². The molecule has 1 aromatic heterocycles. The topological polar surface area (TPSA) is 40.5 Å². The lowest BCUT2D eigenvalue weighted by Gasteiger charge is -2.17. The Labute approximate surface area is 130 Å². The second-order valence-electron chi connectivity index (χ2n) is 5.31. The van der Waals surface area contributed by atoms with Crippen LogP contribution in [-0.4, -0.2) is 17.6 Å². The monoisotopic (exact) mass is 313 g/mol. The molecular weight excluding hydrogens is 301 g/mol. The summed E-state index contributed by atoms with van der Waals surface area (Å²) in [5, 5.41) is 12.8. The Morgan fingerprint density at radius 3 is 2.95 bits per heavy atom. The summed E-state index contributed by atoms with van der Waals surface area (Å²) in [6.45, 7) is 0.528. The van der Waals surface area contributed by atoms with Crippen molar-refractivity contribution in [2.24, 2.45) is 0 Å². The number of anilines is 1. The maximum atomic E-state index is 13.3. The molecular formula is C17H12FNO2S. The molecule has 22 heavy (non-hydrogen) atoms. The second kappa shape index (κ2) is 4.81. The second-order valence-corrected chi connectivity index (χ2v) is 6.23. The zero-order chi connectivity index (χ0) is 15.3. The zero-order valence-corrected chi connectivity index (χ0v) is 12.4. The molecule has 1 aliphatic heterocycles. The van der Waals surface area contributed by atoms with Gasteiger partial charge in [-0.2, -0.15) is 0 Å². The van der Waals surface area contributed by atoms with Crippen LogP contribution in [0.1, 0.15) is 15.9 Å². The SMILES string of the molecule is O=C(c1cc(O)c2sccc2c1)N1CCc2cc(F)ccc21. The lowest BCUT2D eigenvalue weighted by molar-refractivity contribution is 0.0989. The highest BCUT2D eigenvalue weighted by Gasteiger charge is 2.26. The Morgan fingerprint density at radius 2 is 2.09 bits per heavy atom. The fourth-order valence-electron chi connectivity index (χ4n) is 2.92. The molecule has 0 spiro atoms. The standard InChI is InChI=1S/C17H12FNO2S/c18-13-1-2-14-10(8-13)3-5-19(14)17(21)12-7-11-4-6-22-16(11)15(20)9-12/h1-2,4,6-9,20H,3,5H2. The summed E-state index contributed by atoms with van der Waals surface area (Å²) < 4.78 is 14.0. The van der Waals surface area contributed by atoms with E-state index in [9.17, 15) is 14.3 Å². The Bertz CT molecular complexity index is 903. The van der Waals surface area contributed by atoms with E-state index in [0.29, 0.717) is 18.5 Å². The molecule has 0 aliphatic carbocycles. The Morgan fingerprint density at radius 1 is 1.23 bits per heavy atom. The van der Waals surface area contributed by atoms with E-state index in [-0.39, 0.29) is 17.5 Å². The number of phenolic OH excluding ortho intramolecular Hbond substituents is 1. The van der Waals surface area contributed by atoms with Gasteiger partial charge in [-0.1, -0.05) is 0 Å². The van der Waals surface area contributed by atoms with Crippen LogP contribution in [0.2, 0.25) is 0 Å². The maximum absolute atomic E-state index is 13.3. The first-order valence-corrected chi connectivity index (χ1v) is 7.82. The number of amides is 1. The van der Waals surface area contributed by atoms with Gasteiger partial charge < -0.3 is 10.0 Å². The van der Waals surface area contributed by atoms with Gasteiger partial charge in [0.05, 0.1) is 4.70 Å². The number of benzene rings is 2. The predicted octanol–water partition coefficient (Wildman–Crippen LogP) is 3.95. The highest BCUT2D eigenvalue weighted by molar-refractivity contribution is 7.17. The molecule has 0 saturated heterocycles. The van der Waals surface area contributed by atoms with Crippen molar-refractivity contribution in [3.63, 3.8) is 0 Å². The lowest BCUT2D eigenvalue weighted by atomic mass is 10.1. The number of halogens is 1. The van der Waals surface area contributed by atoms with E-state index < -0.39 is 0 Å². The number of phenols is 1. The molecule has 4 rings (SSSR count). The van der Waals surface area contributed by atoms with Gasteiger partial charge in [0.15, 0.2) is 0 Å². The highest BCUT2D eigenvalue weighted by Crippen LogP contribution is 2.34. The molecule has 5 heteroatoms. The van der Waals surface area contributed by atoms with Gasteiger partial charge in [0, 0.05) is 17.8 Å². The molecule has 2 heterocycles. The molecule has 1 N–H and O–H groups in total. The average Bonchev–Trinajstić information content (AvgIpc) is 3.12. The number of nitrogens with zero attached hydrogens (tertiary/aromatic N) is 1. The van der Waals surface area contributed by atoms with Crippen LogP contribution in [0.3, 0.4) is 0 Å². The number of thiophene rings is 1. The smallest absolute Gasteiger partial charge is 0.258 e. The Balaban J connectivity index is 1.76. The molecule has 0 atom stereocenters. The molecule has 0 fully saturated rings. The molecule has 3 aromatic rings. The molecule has 110 valence electrons. The van der Waals surface area contributed by atoms with Crippen LogP contribution >= 0.6 is 11.3 Å². The summed E-state index contributed by atoms with van der Waals surface area (Å²) in [7, 11) is 0. The molecule has 0 bridgehead atoms. The van der Waals surface area contributed by atoms with Crippen LogP contribution in [0.25, 0.3) is 10.1 Å². The van der Waals surface area contributed by atoms with E-state index in [1.54, 1.807) is 17.0 Å². The van der Waals surface area contributed by atoms with Gasteiger partial charge >= 0.3 is 0 Å². The highest BCUT2D eigenvalue weighted by atomic mass is 32.1. The van der Waals surface area contributed by atoms with Crippen molar-refractivity contribution in [2.45, 2.75) is 6.42 Å². The molecule has 0 saturated carbocycles.